The SMILES string of the molecule is CCC1(C)CCC(C(C)(C)O)CC1C(C)C. The molecule has 1 fully saturated rings. The highest BCUT2D eigenvalue weighted by Gasteiger charge is 2.43. The second-order valence-electron chi connectivity index (χ2n) is 6.98. The van der Waals surface area contributed by atoms with Crippen LogP contribution in [0.4, 0.5) is 0 Å². The molecule has 0 amide bonds. The standard InChI is InChI=1S/C15H30O/c1-7-15(6)9-8-12(14(4,5)16)10-13(15)11(2)3/h11-13,16H,7-10H2,1-6H3. The van der Waals surface area contributed by atoms with E-state index < -0.39 is 5.60 Å². The third kappa shape index (κ3) is 2.80. The third-order valence-electron chi connectivity index (χ3n) is 5.11. The van der Waals surface area contributed by atoms with E-state index in [4.69, 9.17) is 0 Å². The molecule has 1 aliphatic rings. The van der Waals surface area contributed by atoms with Gasteiger partial charge in [0, 0.05) is 0 Å². The van der Waals surface area contributed by atoms with Crippen LogP contribution in [0.15, 0.2) is 0 Å². The molecule has 16 heavy (non-hydrogen) atoms. The molecule has 0 heterocycles. The van der Waals surface area contributed by atoms with Gasteiger partial charge in [0.05, 0.1) is 5.60 Å². The predicted molar refractivity (Wildman–Crippen MR) is 70.4 cm³/mol. The number of aliphatic hydroxyl groups is 1. The lowest BCUT2D eigenvalue weighted by molar-refractivity contribution is -0.0529. The second-order valence-corrected chi connectivity index (χ2v) is 6.98. The molecule has 1 nitrogen and oxygen atoms in total. The maximum absolute atomic E-state index is 10.2. The van der Waals surface area contributed by atoms with E-state index >= 15 is 0 Å². The van der Waals surface area contributed by atoms with E-state index in [1.807, 2.05) is 13.8 Å². The van der Waals surface area contributed by atoms with Crippen molar-refractivity contribution in [3.05, 3.63) is 0 Å². The van der Waals surface area contributed by atoms with Gasteiger partial charge in [0.15, 0.2) is 0 Å². The summed E-state index contributed by atoms with van der Waals surface area (Å²) in [7, 11) is 0. The van der Waals surface area contributed by atoms with Gasteiger partial charge < -0.3 is 5.11 Å². The van der Waals surface area contributed by atoms with Crippen LogP contribution in [0.1, 0.15) is 67.2 Å². The van der Waals surface area contributed by atoms with Gasteiger partial charge in [0.25, 0.3) is 0 Å². The van der Waals surface area contributed by atoms with Crippen LogP contribution in [-0.2, 0) is 0 Å². The minimum atomic E-state index is -0.498. The lowest BCUT2D eigenvalue weighted by Gasteiger charge is -2.49. The first-order valence-electron chi connectivity index (χ1n) is 6.93. The van der Waals surface area contributed by atoms with E-state index in [9.17, 15) is 5.11 Å². The molecule has 3 unspecified atom stereocenters. The summed E-state index contributed by atoms with van der Waals surface area (Å²) >= 11 is 0. The first-order chi connectivity index (χ1) is 7.20. The van der Waals surface area contributed by atoms with E-state index in [-0.39, 0.29) is 0 Å². The minimum absolute atomic E-state index is 0.486. The van der Waals surface area contributed by atoms with Gasteiger partial charge in [-0.1, -0.05) is 34.1 Å². The molecular weight excluding hydrogens is 196 g/mol. The Morgan fingerprint density at radius 1 is 1.38 bits per heavy atom. The largest absolute Gasteiger partial charge is 0.390 e. The molecule has 1 saturated carbocycles. The van der Waals surface area contributed by atoms with Gasteiger partial charge in [0.2, 0.25) is 0 Å². The topological polar surface area (TPSA) is 20.2 Å². The van der Waals surface area contributed by atoms with Crippen LogP contribution in [0, 0.1) is 23.2 Å². The highest BCUT2D eigenvalue weighted by atomic mass is 16.3. The average Bonchev–Trinajstić information content (AvgIpc) is 2.16. The lowest BCUT2D eigenvalue weighted by atomic mass is 9.57. The lowest BCUT2D eigenvalue weighted by Crippen LogP contribution is -2.43. The van der Waals surface area contributed by atoms with Crippen molar-refractivity contribution in [1.29, 1.82) is 0 Å². The van der Waals surface area contributed by atoms with E-state index in [2.05, 4.69) is 27.7 Å². The zero-order valence-corrected chi connectivity index (χ0v) is 12.0. The van der Waals surface area contributed by atoms with Gasteiger partial charge in [-0.2, -0.15) is 0 Å². The Morgan fingerprint density at radius 2 is 1.94 bits per heavy atom. The summed E-state index contributed by atoms with van der Waals surface area (Å²) in [6.07, 6.45) is 4.94. The summed E-state index contributed by atoms with van der Waals surface area (Å²) in [4.78, 5) is 0. The quantitative estimate of drug-likeness (QED) is 0.763. The van der Waals surface area contributed by atoms with Gasteiger partial charge in [-0.15, -0.1) is 0 Å². The van der Waals surface area contributed by atoms with E-state index in [1.165, 1.54) is 25.7 Å². The normalized spacial score (nSPS) is 36.8. The maximum atomic E-state index is 10.2. The molecule has 0 aromatic carbocycles. The Hall–Kier alpha value is -0.0400. The highest BCUT2D eigenvalue weighted by Crippen LogP contribution is 2.50. The predicted octanol–water partition coefficient (Wildman–Crippen LogP) is 4.25. The van der Waals surface area contributed by atoms with Crippen molar-refractivity contribution in [3.63, 3.8) is 0 Å². The molecule has 1 heteroatoms. The molecule has 1 rings (SSSR count). The van der Waals surface area contributed by atoms with Crippen molar-refractivity contribution >= 4 is 0 Å². The van der Waals surface area contributed by atoms with Crippen LogP contribution >= 0.6 is 0 Å². The molecular formula is C15H30O. The first-order valence-corrected chi connectivity index (χ1v) is 6.93. The fourth-order valence-electron chi connectivity index (χ4n) is 3.56. The minimum Gasteiger partial charge on any atom is -0.390 e. The molecule has 0 saturated heterocycles. The third-order valence-corrected chi connectivity index (χ3v) is 5.11. The Labute approximate surface area is 102 Å². The maximum Gasteiger partial charge on any atom is 0.0619 e. The van der Waals surface area contributed by atoms with Crippen LogP contribution in [0.25, 0.3) is 0 Å². The second kappa shape index (κ2) is 4.68. The monoisotopic (exact) mass is 226 g/mol. The van der Waals surface area contributed by atoms with Crippen molar-refractivity contribution in [2.24, 2.45) is 23.2 Å². The summed E-state index contributed by atoms with van der Waals surface area (Å²) in [6, 6.07) is 0. The summed E-state index contributed by atoms with van der Waals surface area (Å²) in [6.45, 7) is 13.4. The fourth-order valence-corrected chi connectivity index (χ4v) is 3.56. The van der Waals surface area contributed by atoms with Crippen molar-refractivity contribution in [1.82, 2.24) is 0 Å². The summed E-state index contributed by atoms with van der Waals surface area (Å²) < 4.78 is 0. The molecule has 3 atom stereocenters. The van der Waals surface area contributed by atoms with E-state index in [0.717, 1.165) is 11.8 Å². The van der Waals surface area contributed by atoms with Crippen LogP contribution < -0.4 is 0 Å². The van der Waals surface area contributed by atoms with Crippen molar-refractivity contribution in [3.8, 4) is 0 Å². The molecule has 0 aromatic rings. The fraction of sp³-hybridized carbons (Fsp3) is 1.00. The first kappa shape index (κ1) is 14.0. The Kier molecular flexibility index (Phi) is 4.10. The summed E-state index contributed by atoms with van der Waals surface area (Å²) in [5, 5.41) is 10.2. The molecule has 1 N–H and O–H groups in total. The Bertz CT molecular complexity index is 226. The zero-order valence-electron chi connectivity index (χ0n) is 12.0. The van der Waals surface area contributed by atoms with E-state index in [1.54, 1.807) is 0 Å². The van der Waals surface area contributed by atoms with Gasteiger partial charge in [-0.3, -0.25) is 0 Å². The van der Waals surface area contributed by atoms with Gasteiger partial charge >= 0.3 is 0 Å². The van der Waals surface area contributed by atoms with Gasteiger partial charge in [-0.05, 0) is 56.3 Å². The Morgan fingerprint density at radius 3 is 2.31 bits per heavy atom. The molecule has 0 bridgehead atoms. The summed E-state index contributed by atoms with van der Waals surface area (Å²) in [5.41, 5.74) is -0.00186. The number of hydrogen-bond acceptors (Lipinski definition) is 1. The number of rotatable bonds is 3. The van der Waals surface area contributed by atoms with Gasteiger partial charge in [0.1, 0.15) is 0 Å². The molecule has 0 aliphatic heterocycles. The molecule has 96 valence electrons. The Balaban J connectivity index is 2.81. The van der Waals surface area contributed by atoms with Crippen molar-refractivity contribution in [2.75, 3.05) is 0 Å². The molecule has 0 radical (unpaired) electrons. The van der Waals surface area contributed by atoms with Crippen LogP contribution in [-0.4, -0.2) is 10.7 Å². The average molecular weight is 226 g/mol. The smallest absolute Gasteiger partial charge is 0.0619 e. The van der Waals surface area contributed by atoms with Crippen LogP contribution in [0.5, 0.6) is 0 Å². The molecule has 0 aromatic heterocycles. The van der Waals surface area contributed by atoms with E-state index in [0.29, 0.717) is 11.3 Å². The zero-order chi connectivity index (χ0) is 12.6. The van der Waals surface area contributed by atoms with Gasteiger partial charge in [-0.25, -0.2) is 0 Å². The highest BCUT2D eigenvalue weighted by molar-refractivity contribution is 4.93. The molecule has 0 spiro atoms. The van der Waals surface area contributed by atoms with Crippen LogP contribution in [0.3, 0.4) is 0 Å². The van der Waals surface area contributed by atoms with Crippen molar-refractivity contribution < 1.29 is 5.11 Å². The van der Waals surface area contributed by atoms with Crippen molar-refractivity contribution in [2.45, 2.75) is 72.8 Å². The number of hydrogen-bond donors (Lipinski definition) is 1. The summed E-state index contributed by atoms with van der Waals surface area (Å²) in [5.74, 6) is 1.98. The van der Waals surface area contributed by atoms with Crippen LogP contribution in [0.2, 0.25) is 0 Å². The molecule has 1 aliphatic carbocycles.